The molecule has 0 spiro atoms. The summed E-state index contributed by atoms with van der Waals surface area (Å²) in [6.07, 6.45) is -0.376. The van der Waals surface area contributed by atoms with Crippen LogP contribution in [-0.2, 0) is 9.59 Å². The molecule has 0 aromatic carbocycles. The normalized spacial score (nSPS) is 27.7. The van der Waals surface area contributed by atoms with Gasteiger partial charge in [0.25, 0.3) is 5.24 Å². The van der Waals surface area contributed by atoms with Crippen LogP contribution in [0.25, 0.3) is 0 Å². The van der Waals surface area contributed by atoms with Gasteiger partial charge in [0, 0.05) is 12.4 Å². The summed E-state index contributed by atoms with van der Waals surface area (Å²) in [5.74, 6) is -0.935. The second kappa shape index (κ2) is 5.40. The van der Waals surface area contributed by atoms with E-state index in [0.717, 1.165) is 23.5 Å². The zero-order chi connectivity index (χ0) is 13.1. The molecule has 1 atom stereocenters. The molecule has 96 valence electrons. The molecule has 2 heterocycles. The largest absolute Gasteiger partial charge is 0.550 e. The van der Waals surface area contributed by atoms with Crippen LogP contribution in [0.15, 0.2) is 10.2 Å². The number of aliphatic carboxylic acids is 1. The number of carbonyl (C=O) groups excluding carboxylic acids is 3. The van der Waals surface area contributed by atoms with E-state index in [2.05, 4.69) is 20.8 Å². The molecule has 0 aromatic heterocycles. The number of thioether (sulfide) groups is 2. The van der Waals surface area contributed by atoms with Crippen molar-refractivity contribution in [2.45, 2.75) is 11.7 Å². The number of nitrogens with zero attached hydrogens (tertiary/aromatic N) is 2. The van der Waals surface area contributed by atoms with Crippen molar-refractivity contribution >= 4 is 51.6 Å². The number of carboxylic acid groups (broad SMARTS) is 1. The molecule has 0 aromatic rings. The Kier molecular flexibility index (Phi) is 3.87. The van der Waals surface area contributed by atoms with Gasteiger partial charge in [-0.05, 0) is 0 Å². The van der Waals surface area contributed by atoms with Crippen molar-refractivity contribution in [2.75, 3.05) is 5.75 Å². The lowest BCUT2D eigenvalue weighted by Gasteiger charge is -2.04. The third-order valence-corrected chi connectivity index (χ3v) is 3.83. The molecule has 0 bridgehead atoms. The fraction of sp³-hybridized carbons (Fsp3) is 0.375. The standard InChI is InChI=1S/C8H8N4O4S2/c13-5(14)1-3-6(15)10-7(18-3)12-11-4-2-17-8(16)9-4/h3H,1-2H2,(H,13,14)(H,9,11,16)(H,10,12,15)/p-1/t3-/m0/s1. The topological polar surface area (TPSA) is 123 Å². The first-order valence-corrected chi connectivity index (χ1v) is 6.67. The number of rotatable bonds is 3. The summed E-state index contributed by atoms with van der Waals surface area (Å²) < 4.78 is 0. The maximum absolute atomic E-state index is 11.3. The molecule has 2 saturated heterocycles. The average Bonchev–Trinajstić information content (AvgIpc) is 2.83. The minimum atomic E-state index is -1.30. The Morgan fingerprint density at radius 3 is 2.78 bits per heavy atom. The van der Waals surface area contributed by atoms with Crippen molar-refractivity contribution in [1.82, 2.24) is 10.6 Å². The van der Waals surface area contributed by atoms with Crippen molar-refractivity contribution in [1.29, 1.82) is 0 Å². The minimum Gasteiger partial charge on any atom is -0.550 e. The van der Waals surface area contributed by atoms with E-state index < -0.39 is 17.1 Å². The van der Waals surface area contributed by atoms with Crippen LogP contribution >= 0.6 is 23.5 Å². The summed E-state index contributed by atoms with van der Waals surface area (Å²) in [7, 11) is 0. The fourth-order valence-corrected chi connectivity index (χ4v) is 2.71. The van der Waals surface area contributed by atoms with E-state index in [1.807, 2.05) is 0 Å². The highest BCUT2D eigenvalue weighted by Crippen LogP contribution is 2.22. The first kappa shape index (κ1) is 12.9. The highest BCUT2D eigenvalue weighted by Gasteiger charge is 2.30. The van der Waals surface area contributed by atoms with E-state index in [-0.39, 0.29) is 16.8 Å². The van der Waals surface area contributed by atoms with Crippen LogP contribution in [0.4, 0.5) is 4.79 Å². The summed E-state index contributed by atoms with van der Waals surface area (Å²) in [5.41, 5.74) is 0. The van der Waals surface area contributed by atoms with Crippen LogP contribution in [0.2, 0.25) is 0 Å². The van der Waals surface area contributed by atoms with Gasteiger partial charge in [-0.1, -0.05) is 23.5 Å². The van der Waals surface area contributed by atoms with Crippen LogP contribution in [0.3, 0.4) is 0 Å². The quantitative estimate of drug-likeness (QED) is 0.608. The third-order valence-electron chi connectivity index (χ3n) is 1.98. The van der Waals surface area contributed by atoms with Crippen LogP contribution < -0.4 is 15.7 Å². The molecule has 8 nitrogen and oxygen atoms in total. The molecule has 2 rings (SSSR count). The van der Waals surface area contributed by atoms with E-state index in [0.29, 0.717) is 11.6 Å². The maximum atomic E-state index is 11.3. The number of amidine groups is 2. The molecule has 2 fully saturated rings. The van der Waals surface area contributed by atoms with Crippen LogP contribution in [0, 0.1) is 0 Å². The molecule has 2 amide bonds. The van der Waals surface area contributed by atoms with Crippen molar-refractivity contribution in [2.24, 2.45) is 10.2 Å². The van der Waals surface area contributed by atoms with Crippen LogP contribution in [0.1, 0.15) is 6.42 Å². The molecular formula is C8H7N4O4S2-. The van der Waals surface area contributed by atoms with Gasteiger partial charge in [0.1, 0.15) is 5.84 Å². The predicted octanol–water partition coefficient (Wildman–Crippen LogP) is -1.52. The number of hydrogen-bond acceptors (Lipinski definition) is 8. The Bertz CT molecular complexity index is 476. The molecule has 0 unspecified atom stereocenters. The highest BCUT2D eigenvalue weighted by atomic mass is 32.2. The van der Waals surface area contributed by atoms with E-state index >= 15 is 0 Å². The number of nitrogens with one attached hydrogen (secondary N) is 2. The minimum absolute atomic E-state index is 0.202. The Labute approximate surface area is 110 Å². The van der Waals surface area contributed by atoms with Gasteiger partial charge < -0.3 is 20.5 Å². The first-order chi connectivity index (χ1) is 8.54. The molecule has 0 saturated carbocycles. The zero-order valence-corrected chi connectivity index (χ0v) is 10.5. The van der Waals surface area contributed by atoms with Gasteiger partial charge >= 0.3 is 0 Å². The molecule has 18 heavy (non-hydrogen) atoms. The van der Waals surface area contributed by atoms with Gasteiger partial charge in [-0.15, -0.1) is 10.2 Å². The summed E-state index contributed by atoms with van der Waals surface area (Å²) in [4.78, 5) is 32.6. The molecule has 2 N–H and O–H groups in total. The second-order valence-electron chi connectivity index (χ2n) is 3.32. The van der Waals surface area contributed by atoms with Crippen molar-refractivity contribution in [3.63, 3.8) is 0 Å². The first-order valence-electron chi connectivity index (χ1n) is 4.80. The molecular weight excluding hydrogens is 280 g/mol. The lowest BCUT2D eigenvalue weighted by atomic mass is 10.3. The SMILES string of the molecule is O=C([O-])C[C@@H]1S/C(=N\N=C2/CSC(=O)N2)NC1=O. The monoisotopic (exact) mass is 287 g/mol. The number of carboxylic acids is 1. The van der Waals surface area contributed by atoms with E-state index in [4.69, 9.17) is 0 Å². The Hall–Kier alpha value is -1.55. The Morgan fingerprint density at radius 2 is 2.17 bits per heavy atom. The molecule has 10 heteroatoms. The Balaban J connectivity index is 1.97. The van der Waals surface area contributed by atoms with Gasteiger partial charge in [-0.2, -0.15) is 0 Å². The summed E-state index contributed by atoms with van der Waals surface area (Å²) in [6.45, 7) is 0. The number of amides is 2. The maximum Gasteiger partial charge on any atom is 0.284 e. The van der Waals surface area contributed by atoms with Crippen molar-refractivity contribution in [3.8, 4) is 0 Å². The molecule has 0 radical (unpaired) electrons. The zero-order valence-electron chi connectivity index (χ0n) is 8.84. The summed E-state index contributed by atoms with van der Waals surface area (Å²) >= 11 is 2.04. The van der Waals surface area contributed by atoms with Gasteiger partial charge in [-0.3, -0.25) is 9.59 Å². The lowest BCUT2D eigenvalue weighted by molar-refractivity contribution is -0.305. The van der Waals surface area contributed by atoms with Gasteiger partial charge in [0.15, 0.2) is 5.17 Å². The van der Waals surface area contributed by atoms with Gasteiger partial charge in [0.2, 0.25) is 5.91 Å². The lowest BCUT2D eigenvalue weighted by Crippen LogP contribution is -2.31. The predicted molar refractivity (Wildman–Crippen MR) is 65.0 cm³/mol. The summed E-state index contributed by atoms with van der Waals surface area (Å²) in [5, 5.41) is 22.0. The molecule has 2 aliphatic heterocycles. The average molecular weight is 287 g/mol. The molecule has 2 aliphatic rings. The Morgan fingerprint density at radius 1 is 1.39 bits per heavy atom. The van der Waals surface area contributed by atoms with Crippen LogP contribution in [0.5, 0.6) is 0 Å². The van der Waals surface area contributed by atoms with E-state index in [9.17, 15) is 19.5 Å². The number of carbonyl (C=O) groups is 3. The van der Waals surface area contributed by atoms with Crippen molar-refractivity contribution < 1.29 is 19.5 Å². The smallest absolute Gasteiger partial charge is 0.284 e. The fourth-order valence-electron chi connectivity index (χ4n) is 1.22. The molecule has 0 aliphatic carbocycles. The highest BCUT2D eigenvalue weighted by molar-refractivity contribution is 8.15. The van der Waals surface area contributed by atoms with E-state index in [1.54, 1.807) is 0 Å². The number of hydrogen-bond donors (Lipinski definition) is 2. The van der Waals surface area contributed by atoms with Gasteiger partial charge in [0.05, 0.1) is 11.0 Å². The van der Waals surface area contributed by atoms with Gasteiger partial charge in [-0.25, -0.2) is 0 Å². The third kappa shape index (κ3) is 3.23. The van der Waals surface area contributed by atoms with Crippen molar-refractivity contribution in [3.05, 3.63) is 0 Å². The second-order valence-corrected chi connectivity index (χ2v) is 5.46. The summed E-state index contributed by atoms with van der Waals surface area (Å²) in [6, 6.07) is 0. The van der Waals surface area contributed by atoms with E-state index in [1.165, 1.54) is 0 Å². The van der Waals surface area contributed by atoms with Crippen LogP contribution in [-0.4, -0.2) is 39.1 Å².